The summed E-state index contributed by atoms with van der Waals surface area (Å²) in [6.07, 6.45) is 4.86. The van der Waals surface area contributed by atoms with Crippen molar-refractivity contribution in [3.8, 4) is 0 Å². The Morgan fingerprint density at radius 3 is 2.88 bits per heavy atom. The smallest absolute Gasteiger partial charge is 0.276 e. The van der Waals surface area contributed by atoms with Crippen molar-refractivity contribution in [1.82, 2.24) is 14.3 Å². The molecule has 3 heterocycles. The van der Waals surface area contributed by atoms with Gasteiger partial charge >= 0.3 is 0 Å². The average molecular weight is 231 g/mol. The number of hydrogen-bond acceptors (Lipinski definition) is 2. The van der Waals surface area contributed by atoms with E-state index in [1.807, 2.05) is 19.3 Å². The van der Waals surface area contributed by atoms with Crippen LogP contribution in [-0.2, 0) is 19.5 Å². The van der Waals surface area contributed by atoms with E-state index in [2.05, 4.69) is 23.5 Å². The fraction of sp³-hybridized carbons (Fsp3) is 0.538. The predicted octanol–water partition coefficient (Wildman–Crippen LogP) is 1.80. The van der Waals surface area contributed by atoms with Crippen molar-refractivity contribution in [3.63, 3.8) is 0 Å². The van der Waals surface area contributed by atoms with Crippen LogP contribution >= 0.6 is 0 Å². The van der Waals surface area contributed by atoms with Gasteiger partial charge in [-0.3, -0.25) is 4.79 Å². The Bertz CT molecular complexity index is 648. The SMILES string of the molecule is CCn1ncc2c3n(cc2c1=O)CC(C)(C)C3. The molecule has 0 aromatic carbocycles. The fourth-order valence-corrected chi connectivity index (χ4v) is 2.78. The quantitative estimate of drug-likeness (QED) is 0.750. The molecule has 0 unspecified atom stereocenters. The van der Waals surface area contributed by atoms with E-state index in [0.29, 0.717) is 12.0 Å². The van der Waals surface area contributed by atoms with E-state index < -0.39 is 0 Å². The summed E-state index contributed by atoms with van der Waals surface area (Å²) in [5.41, 5.74) is 1.59. The standard InChI is InChI=1S/C13H17N3O/c1-4-16-12(17)10-7-15-8-13(2,3)5-11(15)9(10)6-14-16/h6-7H,4-5,8H2,1-3H3. The van der Waals surface area contributed by atoms with Gasteiger partial charge in [0.25, 0.3) is 5.56 Å². The molecule has 4 nitrogen and oxygen atoms in total. The molecule has 0 saturated heterocycles. The number of rotatable bonds is 1. The van der Waals surface area contributed by atoms with E-state index >= 15 is 0 Å². The van der Waals surface area contributed by atoms with Crippen LogP contribution in [0.4, 0.5) is 0 Å². The summed E-state index contributed by atoms with van der Waals surface area (Å²) in [6, 6.07) is 0. The van der Waals surface area contributed by atoms with Crippen molar-refractivity contribution in [1.29, 1.82) is 0 Å². The second kappa shape index (κ2) is 3.22. The molecule has 0 amide bonds. The molecule has 1 aliphatic heterocycles. The highest BCUT2D eigenvalue weighted by molar-refractivity contribution is 5.84. The Hall–Kier alpha value is -1.58. The lowest BCUT2D eigenvalue weighted by Gasteiger charge is -2.15. The molecule has 0 spiro atoms. The Balaban J connectivity index is 2.27. The minimum atomic E-state index is 0.0321. The van der Waals surface area contributed by atoms with Gasteiger partial charge in [-0.25, -0.2) is 4.68 Å². The third-order valence-corrected chi connectivity index (χ3v) is 3.57. The number of fused-ring (bicyclic) bond motifs is 3. The highest BCUT2D eigenvalue weighted by atomic mass is 16.1. The van der Waals surface area contributed by atoms with Crippen LogP contribution in [0.2, 0.25) is 0 Å². The first-order chi connectivity index (χ1) is 8.02. The van der Waals surface area contributed by atoms with Crippen LogP contribution in [0.5, 0.6) is 0 Å². The molecule has 0 aliphatic carbocycles. The largest absolute Gasteiger partial charge is 0.349 e. The highest BCUT2D eigenvalue weighted by Gasteiger charge is 2.30. The Kier molecular flexibility index (Phi) is 2.00. The summed E-state index contributed by atoms with van der Waals surface area (Å²) in [4.78, 5) is 12.1. The van der Waals surface area contributed by atoms with Crippen molar-refractivity contribution in [2.24, 2.45) is 5.41 Å². The van der Waals surface area contributed by atoms with Crippen molar-refractivity contribution >= 4 is 10.8 Å². The summed E-state index contributed by atoms with van der Waals surface area (Å²) in [5, 5.41) is 6.06. The summed E-state index contributed by atoms with van der Waals surface area (Å²) in [6.45, 7) is 8.07. The topological polar surface area (TPSA) is 39.8 Å². The predicted molar refractivity (Wildman–Crippen MR) is 67.2 cm³/mol. The Morgan fingerprint density at radius 1 is 1.41 bits per heavy atom. The first kappa shape index (κ1) is 10.6. The first-order valence-electron chi connectivity index (χ1n) is 6.10. The zero-order valence-electron chi connectivity index (χ0n) is 10.5. The van der Waals surface area contributed by atoms with Gasteiger partial charge in [0.2, 0.25) is 0 Å². The minimum absolute atomic E-state index is 0.0321. The third-order valence-electron chi connectivity index (χ3n) is 3.57. The molecule has 17 heavy (non-hydrogen) atoms. The number of nitrogens with zero attached hydrogens (tertiary/aromatic N) is 3. The van der Waals surface area contributed by atoms with Crippen LogP contribution in [0.3, 0.4) is 0 Å². The zero-order valence-corrected chi connectivity index (χ0v) is 10.5. The lowest BCUT2D eigenvalue weighted by Crippen LogP contribution is -2.21. The lowest BCUT2D eigenvalue weighted by molar-refractivity contribution is 0.359. The van der Waals surface area contributed by atoms with Crippen LogP contribution in [-0.4, -0.2) is 14.3 Å². The van der Waals surface area contributed by atoms with Gasteiger partial charge in [0, 0.05) is 30.4 Å². The zero-order chi connectivity index (χ0) is 12.2. The molecule has 2 aromatic heterocycles. The van der Waals surface area contributed by atoms with E-state index in [-0.39, 0.29) is 5.56 Å². The number of aryl methyl sites for hydroxylation is 1. The van der Waals surface area contributed by atoms with Gasteiger partial charge in [0.1, 0.15) is 0 Å². The molecule has 90 valence electrons. The van der Waals surface area contributed by atoms with E-state index in [1.165, 1.54) is 10.4 Å². The highest BCUT2D eigenvalue weighted by Crippen LogP contribution is 2.35. The monoisotopic (exact) mass is 231 g/mol. The summed E-state index contributed by atoms with van der Waals surface area (Å²) >= 11 is 0. The molecule has 2 aromatic rings. The van der Waals surface area contributed by atoms with Gasteiger partial charge in [0.15, 0.2) is 0 Å². The second-order valence-electron chi connectivity index (χ2n) is 5.64. The van der Waals surface area contributed by atoms with Gasteiger partial charge in [0.05, 0.1) is 11.6 Å². The van der Waals surface area contributed by atoms with Crippen LogP contribution in [0.1, 0.15) is 26.5 Å². The molecular formula is C13H17N3O. The van der Waals surface area contributed by atoms with Crippen molar-refractivity contribution in [2.75, 3.05) is 0 Å². The van der Waals surface area contributed by atoms with E-state index in [1.54, 1.807) is 0 Å². The maximum Gasteiger partial charge on any atom is 0.276 e. The Labute approximate surface area is 99.9 Å². The molecule has 0 fully saturated rings. The Morgan fingerprint density at radius 2 is 2.18 bits per heavy atom. The molecular weight excluding hydrogens is 214 g/mol. The van der Waals surface area contributed by atoms with Crippen LogP contribution in [0, 0.1) is 5.41 Å². The second-order valence-corrected chi connectivity index (χ2v) is 5.64. The lowest BCUT2D eigenvalue weighted by atomic mass is 9.90. The molecule has 3 rings (SSSR count). The molecule has 1 aliphatic rings. The van der Waals surface area contributed by atoms with Gasteiger partial charge in [-0.15, -0.1) is 0 Å². The van der Waals surface area contributed by atoms with Gasteiger partial charge in [-0.1, -0.05) is 13.8 Å². The maximum atomic E-state index is 12.1. The average Bonchev–Trinajstić information content (AvgIpc) is 2.72. The first-order valence-corrected chi connectivity index (χ1v) is 6.10. The van der Waals surface area contributed by atoms with Crippen molar-refractivity contribution < 1.29 is 0 Å². The van der Waals surface area contributed by atoms with Crippen LogP contribution < -0.4 is 5.56 Å². The van der Waals surface area contributed by atoms with E-state index in [9.17, 15) is 4.79 Å². The molecule has 0 N–H and O–H groups in total. The number of hydrogen-bond donors (Lipinski definition) is 0. The molecule has 0 bridgehead atoms. The summed E-state index contributed by atoms with van der Waals surface area (Å²) < 4.78 is 3.73. The van der Waals surface area contributed by atoms with Crippen LogP contribution in [0.25, 0.3) is 10.8 Å². The van der Waals surface area contributed by atoms with Gasteiger partial charge in [-0.05, 0) is 18.8 Å². The van der Waals surface area contributed by atoms with Crippen molar-refractivity contribution in [2.45, 2.75) is 40.3 Å². The minimum Gasteiger partial charge on any atom is -0.349 e. The molecule has 0 radical (unpaired) electrons. The third kappa shape index (κ3) is 1.43. The molecule has 4 heteroatoms. The maximum absolute atomic E-state index is 12.1. The normalized spacial score (nSPS) is 17.6. The molecule has 0 saturated carbocycles. The van der Waals surface area contributed by atoms with Gasteiger partial charge in [-0.2, -0.15) is 5.10 Å². The van der Waals surface area contributed by atoms with Crippen LogP contribution in [0.15, 0.2) is 17.2 Å². The van der Waals surface area contributed by atoms with Crippen molar-refractivity contribution in [3.05, 3.63) is 28.4 Å². The van der Waals surface area contributed by atoms with E-state index in [4.69, 9.17) is 0 Å². The van der Waals surface area contributed by atoms with E-state index in [0.717, 1.165) is 23.7 Å². The number of aromatic nitrogens is 3. The fourth-order valence-electron chi connectivity index (χ4n) is 2.78. The molecule has 0 atom stereocenters. The van der Waals surface area contributed by atoms with Gasteiger partial charge < -0.3 is 4.57 Å². The summed E-state index contributed by atoms with van der Waals surface area (Å²) in [7, 11) is 0. The summed E-state index contributed by atoms with van der Waals surface area (Å²) in [5.74, 6) is 0.